The van der Waals surface area contributed by atoms with Crippen molar-refractivity contribution < 1.29 is 32.8 Å². The van der Waals surface area contributed by atoms with Gasteiger partial charge in [-0.15, -0.1) is 0 Å². The molecule has 1 saturated carbocycles. The summed E-state index contributed by atoms with van der Waals surface area (Å²) < 4.78 is 21.6. The number of nitrogens with one attached hydrogen (secondary N) is 1. The number of carboxylic acid groups (broad SMARTS) is 1. The molecular formula is C25H20N2O7. The number of anilines is 1. The number of ether oxygens (including phenoxy) is 1. The van der Waals surface area contributed by atoms with E-state index < -0.39 is 23.6 Å². The normalized spacial score (nSPS) is 14.8. The van der Waals surface area contributed by atoms with Crippen LogP contribution in [0.15, 0.2) is 56.0 Å². The van der Waals surface area contributed by atoms with Crippen molar-refractivity contribution in [3.05, 3.63) is 71.0 Å². The molecule has 2 N–H and O–H groups in total. The maximum atomic E-state index is 12.4. The van der Waals surface area contributed by atoms with Crippen LogP contribution in [0.2, 0.25) is 0 Å². The first-order valence-corrected chi connectivity index (χ1v) is 10.6. The first-order chi connectivity index (χ1) is 16.4. The Hall–Kier alpha value is -4.45. The topological polar surface area (TPSA) is 128 Å². The van der Waals surface area contributed by atoms with Gasteiger partial charge in [-0.1, -0.05) is 29.4 Å². The third kappa shape index (κ3) is 3.90. The van der Waals surface area contributed by atoms with Crippen LogP contribution >= 0.6 is 0 Å². The zero-order valence-electron chi connectivity index (χ0n) is 18.4. The predicted molar refractivity (Wildman–Crippen MR) is 119 cm³/mol. The van der Waals surface area contributed by atoms with Gasteiger partial charge in [0.15, 0.2) is 11.5 Å². The van der Waals surface area contributed by atoms with E-state index in [1.54, 1.807) is 19.1 Å². The van der Waals surface area contributed by atoms with Gasteiger partial charge in [-0.2, -0.15) is 0 Å². The van der Waals surface area contributed by atoms with Crippen molar-refractivity contribution >= 4 is 28.9 Å². The highest BCUT2D eigenvalue weighted by Gasteiger charge is 2.54. The van der Waals surface area contributed by atoms with Crippen LogP contribution in [0.5, 0.6) is 0 Å². The van der Waals surface area contributed by atoms with Crippen molar-refractivity contribution in [1.29, 1.82) is 0 Å². The summed E-state index contributed by atoms with van der Waals surface area (Å²) in [4.78, 5) is 23.8. The molecule has 3 aromatic heterocycles. The molecule has 4 aromatic rings. The van der Waals surface area contributed by atoms with Crippen molar-refractivity contribution in [1.82, 2.24) is 5.16 Å². The minimum atomic E-state index is -0.944. The Morgan fingerprint density at radius 1 is 1.21 bits per heavy atom. The lowest BCUT2D eigenvalue weighted by molar-refractivity contribution is -0.140. The zero-order valence-corrected chi connectivity index (χ0v) is 18.4. The Balaban J connectivity index is 1.27. The van der Waals surface area contributed by atoms with Crippen molar-refractivity contribution in [2.75, 3.05) is 5.32 Å². The number of nitrogens with zero attached hydrogens (tertiary/aromatic N) is 1. The van der Waals surface area contributed by atoms with Crippen molar-refractivity contribution in [2.24, 2.45) is 0 Å². The molecule has 5 rings (SSSR count). The monoisotopic (exact) mass is 460 g/mol. The molecule has 1 fully saturated rings. The fraction of sp³-hybridized carbons (Fsp3) is 0.240. The SMILES string of the molecule is Cc1ccccc1C(C)OC(=O)Nc1conc1C#Cc1cc2cc(C3(C(=O)O)CC3)oc2o1. The van der Waals surface area contributed by atoms with E-state index in [0.29, 0.717) is 29.7 Å². The van der Waals surface area contributed by atoms with Crippen LogP contribution in [0.3, 0.4) is 0 Å². The van der Waals surface area contributed by atoms with Gasteiger partial charge in [-0.25, -0.2) is 4.79 Å². The molecule has 9 nitrogen and oxygen atoms in total. The number of carbonyl (C=O) groups is 2. The lowest BCUT2D eigenvalue weighted by Gasteiger charge is -2.15. The van der Waals surface area contributed by atoms with Gasteiger partial charge in [0.2, 0.25) is 0 Å². The Morgan fingerprint density at radius 3 is 2.71 bits per heavy atom. The van der Waals surface area contributed by atoms with Gasteiger partial charge >= 0.3 is 12.1 Å². The predicted octanol–water partition coefficient (Wildman–Crippen LogP) is 5.15. The van der Waals surface area contributed by atoms with Gasteiger partial charge in [-0.3, -0.25) is 10.1 Å². The second-order valence-electron chi connectivity index (χ2n) is 8.21. The fourth-order valence-electron chi connectivity index (χ4n) is 3.77. The summed E-state index contributed by atoms with van der Waals surface area (Å²) in [6.07, 6.45) is 1.22. The van der Waals surface area contributed by atoms with E-state index in [0.717, 1.165) is 11.1 Å². The molecule has 1 atom stereocenters. The first-order valence-electron chi connectivity index (χ1n) is 10.6. The van der Waals surface area contributed by atoms with Crippen LogP contribution < -0.4 is 5.32 Å². The number of hydrogen-bond acceptors (Lipinski definition) is 7. The lowest BCUT2D eigenvalue weighted by atomic mass is 10.0. The quantitative estimate of drug-likeness (QED) is 0.392. The molecule has 0 aliphatic heterocycles. The highest BCUT2D eigenvalue weighted by Crippen LogP contribution is 2.50. The van der Waals surface area contributed by atoms with E-state index in [4.69, 9.17) is 18.1 Å². The van der Waals surface area contributed by atoms with Gasteiger partial charge in [0, 0.05) is 6.07 Å². The third-order valence-electron chi connectivity index (χ3n) is 5.87. The molecule has 1 amide bonds. The molecule has 0 radical (unpaired) electrons. The van der Waals surface area contributed by atoms with Crippen LogP contribution in [0.25, 0.3) is 11.2 Å². The molecule has 0 saturated heterocycles. The average molecular weight is 460 g/mol. The van der Waals surface area contributed by atoms with Crippen LogP contribution in [0, 0.1) is 18.8 Å². The molecule has 9 heteroatoms. The summed E-state index contributed by atoms with van der Waals surface area (Å²) >= 11 is 0. The number of amides is 1. The number of carboxylic acids is 1. The first kappa shape index (κ1) is 21.4. The number of fused-ring (bicyclic) bond motifs is 1. The minimum Gasteiger partial charge on any atom is -0.480 e. The highest BCUT2D eigenvalue weighted by atomic mass is 16.6. The van der Waals surface area contributed by atoms with Crippen molar-refractivity contribution in [2.45, 2.75) is 38.2 Å². The van der Waals surface area contributed by atoms with E-state index in [2.05, 4.69) is 22.3 Å². The summed E-state index contributed by atoms with van der Waals surface area (Å²) in [6.45, 7) is 3.74. The number of aliphatic carboxylic acids is 1. The van der Waals surface area contributed by atoms with E-state index >= 15 is 0 Å². The van der Waals surface area contributed by atoms with Gasteiger partial charge < -0.3 is 23.2 Å². The lowest BCUT2D eigenvalue weighted by Crippen LogP contribution is -2.18. The zero-order chi connectivity index (χ0) is 23.9. The molecule has 0 bridgehead atoms. The van der Waals surface area contributed by atoms with Gasteiger partial charge in [-0.05, 0) is 55.7 Å². The second kappa shape index (κ2) is 8.15. The number of rotatable bonds is 5. The molecule has 1 aliphatic carbocycles. The van der Waals surface area contributed by atoms with Gasteiger partial charge in [0.25, 0.3) is 5.78 Å². The molecule has 34 heavy (non-hydrogen) atoms. The second-order valence-corrected chi connectivity index (χ2v) is 8.21. The number of benzene rings is 1. The molecular weight excluding hydrogens is 440 g/mol. The maximum absolute atomic E-state index is 12.4. The van der Waals surface area contributed by atoms with E-state index in [-0.39, 0.29) is 17.2 Å². The summed E-state index contributed by atoms with van der Waals surface area (Å²) in [5, 5.41) is 16.4. The largest absolute Gasteiger partial charge is 0.480 e. The third-order valence-corrected chi connectivity index (χ3v) is 5.87. The summed E-state index contributed by atoms with van der Waals surface area (Å²) in [5.74, 6) is 5.57. The number of furan rings is 2. The standard InChI is InChI=1S/C25H20N2O7/c1-14-5-3-4-6-18(14)15(2)32-24(30)26-20-13-31-27-19(20)8-7-17-11-16-12-21(34-22(16)33-17)25(9-10-25)23(28)29/h3-6,11-13,15H,9-10H2,1-2H3,(H,26,30)(H,28,29). The summed E-state index contributed by atoms with van der Waals surface area (Å²) in [7, 11) is 0. The molecule has 3 heterocycles. The maximum Gasteiger partial charge on any atom is 0.412 e. The fourth-order valence-corrected chi connectivity index (χ4v) is 3.77. The summed E-state index contributed by atoms with van der Waals surface area (Å²) in [5.41, 5.74) is 1.43. The number of hydrogen-bond donors (Lipinski definition) is 2. The average Bonchev–Trinajstić information content (AvgIpc) is 3.12. The Kier molecular flexibility index (Phi) is 5.13. The van der Waals surface area contributed by atoms with Gasteiger partial charge in [0.1, 0.15) is 29.2 Å². The number of carbonyl (C=O) groups excluding carboxylic acids is 1. The van der Waals surface area contributed by atoms with Crippen molar-refractivity contribution in [3.8, 4) is 11.8 Å². The molecule has 172 valence electrons. The molecule has 0 spiro atoms. The van der Waals surface area contributed by atoms with Crippen LogP contribution in [-0.2, 0) is 14.9 Å². The molecule has 1 aliphatic rings. The number of aromatic nitrogens is 1. The van der Waals surface area contributed by atoms with E-state index in [1.807, 2.05) is 31.2 Å². The molecule has 1 unspecified atom stereocenters. The highest BCUT2D eigenvalue weighted by molar-refractivity contribution is 5.87. The Bertz CT molecular complexity index is 1430. The smallest absolute Gasteiger partial charge is 0.412 e. The molecule has 1 aromatic carbocycles. The van der Waals surface area contributed by atoms with Crippen LogP contribution in [-0.4, -0.2) is 22.3 Å². The van der Waals surface area contributed by atoms with Crippen molar-refractivity contribution in [3.63, 3.8) is 0 Å². The van der Waals surface area contributed by atoms with E-state index in [1.165, 1.54) is 6.26 Å². The Morgan fingerprint density at radius 2 is 2.00 bits per heavy atom. The van der Waals surface area contributed by atoms with Crippen LogP contribution in [0.4, 0.5) is 10.5 Å². The number of aryl methyl sites for hydroxylation is 1. The van der Waals surface area contributed by atoms with Crippen LogP contribution in [0.1, 0.15) is 54.2 Å². The summed E-state index contributed by atoms with van der Waals surface area (Å²) in [6, 6.07) is 11.0. The van der Waals surface area contributed by atoms with Gasteiger partial charge in [0.05, 0.1) is 5.39 Å². The minimum absolute atomic E-state index is 0.192. The van der Waals surface area contributed by atoms with E-state index in [9.17, 15) is 14.7 Å². The Labute approximate surface area is 193 Å².